The summed E-state index contributed by atoms with van der Waals surface area (Å²) < 4.78 is 40.3. The first-order chi connectivity index (χ1) is 16.3. The molecule has 184 valence electrons. The average Bonchev–Trinajstić information content (AvgIpc) is 3.47. The van der Waals surface area contributed by atoms with E-state index in [1.54, 1.807) is 0 Å². The van der Waals surface area contributed by atoms with Gasteiger partial charge >= 0.3 is 5.97 Å². The number of aryl methyl sites for hydroxylation is 1. The summed E-state index contributed by atoms with van der Waals surface area (Å²) in [5.74, 6) is -1.02. The lowest BCUT2D eigenvalue weighted by atomic mass is 10.1. The van der Waals surface area contributed by atoms with E-state index in [0.717, 1.165) is 50.1 Å². The lowest BCUT2D eigenvalue weighted by molar-refractivity contribution is 0.0474. The molecule has 2 aliphatic rings. The predicted molar refractivity (Wildman–Crippen MR) is 127 cm³/mol. The molecular weight excluding hydrogens is 456 g/mol. The van der Waals surface area contributed by atoms with E-state index in [1.165, 1.54) is 28.6 Å². The third-order valence-corrected chi connectivity index (χ3v) is 8.54. The average molecular weight is 489 g/mol. The van der Waals surface area contributed by atoms with Crippen LogP contribution in [0, 0.1) is 13.8 Å². The maximum absolute atomic E-state index is 12.9. The molecule has 0 radical (unpaired) electrons. The number of carbonyl (C=O) groups is 2. The topological polar surface area (TPSA) is 94.9 Å². The molecule has 4 rings (SSSR count). The first-order valence-electron chi connectivity index (χ1n) is 11.9. The monoisotopic (exact) mass is 488 g/mol. The van der Waals surface area contributed by atoms with Crippen LogP contribution in [0.5, 0.6) is 0 Å². The summed E-state index contributed by atoms with van der Waals surface area (Å²) in [4.78, 5) is 25.5. The Hall–Kier alpha value is -2.49. The largest absolute Gasteiger partial charge is 0.454 e. The molecule has 2 aliphatic heterocycles. The van der Waals surface area contributed by atoms with Gasteiger partial charge in [0.05, 0.1) is 16.6 Å². The number of piperidine rings is 1. The van der Waals surface area contributed by atoms with Gasteiger partial charge in [0.2, 0.25) is 15.8 Å². The van der Waals surface area contributed by atoms with Crippen molar-refractivity contribution >= 4 is 21.8 Å². The molecule has 2 saturated heterocycles. The van der Waals surface area contributed by atoms with Crippen LogP contribution in [0.25, 0.3) is 0 Å². The van der Waals surface area contributed by atoms with Crippen molar-refractivity contribution in [1.82, 2.24) is 8.87 Å². The number of hydrogen-bond donors (Lipinski definition) is 0. The third kappa shape index (κ3) is 5.26. The van der Waals surface area contributed by atoms with Crippen LogP contribution in [0.15, 0.2) is 35.2 Å². The molecule has 9 heteroatoms. The number of Topliss-reactive ketones (excluding diaryl/α,β-unsaturated/α-hetero) is 1. The first-order valence-corrected chi connectivity index (χ1v) is 13.3. The highest BCUT2D eigenvalue weighted by atomic mass is 32.2. The lowest BCUT2D eigenvalue weighted by Crippen LogP contribution is -2.35. The summed E-state index contributed by atoms with van der Waals surface area (Å²) in [6, 6.07) is 7.63. The van der Waals surface area contributed by atoms with Crippen LogP contribution in [0.3, 0.4) is 0 Å². The molecule has 34 heavy (non-hydrogen) atoms. The van der Waals surface area contributed by atoms with Crippen molar-refractivity contribution in [3.63, 3.8) is 0 Å². The van der Waals surface area contributed by atoms with Gasteiger partial charge in [-0.15, -0.1) is 0 Å². The highest BCUT2D eigenvalue weighted by Gasteiger charge is 2.27. The molecule has 8 nitrogen and oxygen atoms in total. The number of ether oxygens (including phenoxy) is 2. The lowest BCUT2D eigenvalue weighted by Gasteiger charge is -2.25. The van der Waals surface area contributed by atoms with Gasteiger partial charge < -0.3 is 14.0 Å². The molecule has 0 N–H and O–H groups in total. The van der Waals surface area contributed by atoms with Crippen molar-refractivity contribution in [3.05, 3.63) is 52.8 Å². The quantitative estimate of drug-likeness (QED) is 0.417. The minimum atomic E-state index is -3.66. The van der Waals surface area contributed by atoms with Crippen molar-refractivity contribution in [1.29, 1.82) is 0 Å². The zero-order valence-electron chi connectivity index (χ0n) is 19.8. The number of sulfonamides is 1. The number of carbonyl (C=O) groups excluding carboxylic acids is 2. The molecule has 1 aromatic carbocycles. The van der Waals surface area contributed by atoms with Gasteiger partial charge in [-0.05, 0) is 63.8 Å². The fourth-order valence-electron chi connectivity index (χ4n) is 4.69. The maximum atomic E-state index is 12.9. The van der Waals surface area contributed by atoms with Crippen LogP contribution in [0.2, 0.25) is 0 Å². The van der Waals surface area contributed by atoms with E-state index in [0.29, 0.717) is 25.2 Å². The van der Waals surface area contributed by atoms with Crippen molar-refractivity contribution < 1.29 is 27.5 Å². The Morgan fingerprint density at radius 1 is 1.09 bits per heavy atom. The SMILES string of the molecule is Cc1cc(C(=O)COC(=O)c2cccc(S(=O)(=O)N3CCCCC3)c2)c(C)n1CC1CCCO1. The van der Waals surface area contributed by atoms with Crippen LogP contribution < -0.4 is 0 Å². The van der Waals surface area contributed by atoms with Crippen LogP contribution in [0.1, 0.15) is 64.2 Å². The Labute approximate surface area is 200 Å². The molecule has 1 atom stereocenters. The summed E-state index contributed by atoms with van der Waals surface area (Å²) in [6.45, 7) is 5.85. The second-order valence-electron chi connectivity index (χ2n) is 9.02. The first kappa shape index (κ1) is 24.6. The summed E-state index contributed by atoms with van der Waals surface area (Å²) >= 11 is 0. The van der Waals surface area contributed by atoms with Crippen LogP contribution in [-0.2, 0) is 26.0 Å². The smallest absolute Gasteiger partial charge is 0.338 e. The standard InChI is InChI=1S/C25H32N2O6S/c1-18-14-23(19(2)27(18)16-21-9-7-13-32-21)24(28)17-33-25(29)20-8-6-10-22(15-20)34(30,31)26-11-4-3-5-12-26/h6,8,10,14-15,21H,3-5,7,9,11-13,16-17H2,1-2H3. The number of ketones is 1. The Balaban J connectivity index is 1.41. The summed E-state index contributed by atoms with van der Waals surface area (Å²) in [7, 11) is -3.66. The van der Waals surface area contributed by atoms with Crippen molar-refractivity contribution in [2.75, 3.05) is 26.3 Å². The molecule has 2 aromatic rings. The highest BCUT2D eigenvalue weighted by molar-refractivity contribution is 7.89. The Morgan fingerprint density at radius 2 is 1.85 bits per heavy atom. The van der Waals surface area contributed by atoms with Gasteiger partial charge in [0.15, 0.2) is 6.61 Å². The molecular formula is C25H32N2O6S. The van der Waals surface area contributed by atoms with E-state index in [1.807, 2.05) is 19.9 Å². The summed E-state index contributed by atoms with van der Waals surface area (Å²) in [5.41, 5.74) is 2.40. The Morgan fingerprint density at radius 3 is 2.56 bits per heavy atom. The number of esters is 1. The fraction of sp³-hybridized carbons (Fsp3) is 0.520. The highest BCUT2D eigenvalue weighted by Crippen LogP contribution is 2.23. The van der Waals surface area contributed by atoms with Crippen LogP contribution in [-0.4, -0.2) is 61.4 Å². The molecule has 2 fully saturated rings. The van der Waals surface area contributed by atoms with E-state index < -0.39 is 22.6 Å². The molecule has 1 unspecified atom stereocenters. The fourth-order valence-corrected chi connectivity index (χ4v) is 6.25. The van der Waals surface area contributed by atoms with Crippen molar-refractivity contribution in [2.24, 2.45) is 0 Å². The van der Waals surface area contributed by atoms with Crippen LogP contribution in [0.4, 0.5) is 0 Å². The molecule has 0 saturated carbocycles. The molecule has 0 amide bonds. The molecule has 3 heterocycles. The summed E-state index contributed by atoms with van der Waals surface area (Å²) in [6.07, 6.45) is 4.88. The van der Waals surface area contributed by atoms with E-state index in [-0.39, 0.29) is 22.3 Å². The number of aromatic nitrogens is 1. The van der Waals surface area contributed by atoms with E-state index in [9.17, 15) is 18.0 Å². The predicted octanol–water partition coefficient (Wildman–Crippen LogP) is 3.50. The Kier molecular flexibility index (Phi) is 7.54. The maximum Gasteiger partial charge on any atom is 0.338 e. The zero-order valence-corrected chi connectivity index (χ0v) is 20.6. The minimum absolute atomic E-state index is 0.0628. The number of hydrogen-bond acceptors (Lipinski definition) is 6. The van der Waals surface area contributed by atoms with Gasteiger partial charge in [0, 0.05) is 43.2 Å². The Bertz CT molecular complexity index is 1160. The van der Waals surface area contributed by atoms with Gasteiger partial charge in [0.25, 0.3) is 0 Å². The van der Waals surface area contributed by atoms with E-state index in [2.05, 4.69) is 4.57 Å². The zero-order chi connectivity index (χ0) is 24.3. The molecule has 1 aromatic heterocycles. The second-order valence-corrected chi connectivity index (χ2v) is 11.0. The van der Waals surface area contributed by atoms with Crippen molar-refractivity contribution in [3.8, 4) is 0 Å². The van der Waals surface area contributed by atoms with Gasteiger partial charge in [-0.3, -0.25) is 4.79 Å². The normalized spacial score (nSPS) is 19.3. The van der Waals surface area contributed by atoms with Gasteiger partial charge in [-0.1, -0.05) is 12.5 Å². The second kappa shape index (κ2) is 10.4. The van der Waals surface area contributed by atoms with E-state index in [4.69, 9.17) is 9.47 Å². The number of rotatable bonds is 8. The van der Waals surface area contributed by atoms with Gasteiger partial charge in [-0.25, -0.2) is 13.2 Å². The summed E-state index contributed by atoms with van der Waals surface area (Å²) in [5, 5.41) is 0. The molecule has 0 spiro atoms. The minimum Gasteiger partial charge on any atom is -0.454 e. The van der Waals surface area contributed by atoms with Gasteiger partial charge in [0.1, 0.15) is 0 Å². The van der Waals surface area contributed by atoms with Crippen molar-refractivity contribution in [2.45, 2.75) is 63.5 Å². The van der Waals surface area contributed by atoms with E-state index >= 15 is 0 Å². The third-order valence-electron chi connectivity index (χ3n) is 6.64. The molecule has 0 bridgehead atoms. The van der Waals surface area contributed by atoms with Crippen LogP contribution >= 0.6 is 0 Å². The van der Waals surface area contributed by atoms with Gasteiger partial charge in [-0.2, -0.15) is 4.31 Å². The number of benzene rings is 1. The number of nitrogens with zero attached hydrogens (tertiary/aromatic N) is 2. The molecule has 0 aliphatic carbocycles.